The lowest BCUT2D eigenvalue weighted by Crippen LogP contribution is -2.10. The SMILES string of the molecule is CCC[C@H](N)c1ccc(F)c(CO)c1. The first kappa shape index (κ1) is 11.1. The summed E-state index contributed by atoms with van der Waals surface area (Å²) in [6, 6.07) is 4.60. The van der Waals surface area contributed by atoms with E-state index in [1.165, 1.54) is 6.07 Å². The second-order valence-corrected chi connectivity index (χ2v) is 3.40. The molecule has 0 heterocycles. The number of aliphatic hydroxyl groups is 1. The Bertz CT molecular complexity index is 301. The maximum atomic E-state index is 13.0. The first-order valence-corrected chi connectivity index (χ1v) is 4.83. The molecule has 78 valence electrons. The van der Waals surface area contributed by atoms with Crippen molar-refractivity contribution in [2.24, 2.45) is 5.73 Å². The Balaban J connectivity index is 2.88. The highest BCUT2D eigenvalue weighted by molar-refractivity contribution is 5.26. The molecule has 0 unspecified atom stereocenters. The molecular weight excluding hydrogens is 181 g/mol. The Morgan fingerprint density at radius 2 is 2.21 bits per heavy atom. The smallest absolute Gasteiger partial charge is 0.128 e. The summed E-state index contributed by atoms with van der Waals surface area (Å²) in [5, 5.41) is 8.87. The standard InChI is InChI=1S/C11H16FNO/c1-2-3-11(13)8-4-5-10(12)9(6-8)7-14/h4-6,11,14H,2-3,7,13H2,1H3/t11-/m0/s1. The molecular formula is C11H16FNO. The fraction of sp³-hybridized carbons (Fsp3) is 0.455. The number of hydrogen-bond donors (Lipinski definition) is 2. The predicted molar refractivity (Wildman–Crippen MR) is 54.2 cm³/mol. The van der Waals surface area contributed by atoms with Crippen LogP contribution in [0.1, 0.15) is 36.9 Å². The topological polar surface area (TPSA) is 46.2 Å². The van der Waals surface area contributed by atoms with Crippen LogP contribution in [0.5, 0.6) is 0 Å². The van der Waals surface area contributed by atoms with E-state index in [1.807, 2.05) is 0 Å². The second kappa shape index (κ2) is 5.08. The molecule has 3 heteroatoms. The van der Waals surface area contributed by atoms with Crippen molar-refractivity contribution < 1.29 is 9.50 Å². The zero-order chi connectivity index (χ0) is 10.6. The van der Waals surface area contributed by atoms with Crippen LogP contribution in [0, 0.1) is 5.82 Å². The summed E-state index contributed by atoms with van der Waals surface area (Å²) in [6.07, 6.45) is 1.86. The molecule has 0 saturated heterocycles. The number of aliphatic hydroxyl groups excluding tert-OH is 1. The summed E-state index contributed by atoms with van der Waals surface area (Å²) >= 11 is 0. The van der Waals surface area contributed by atoms with Crippen LogP contribution in [-0.2, 0) is 6.61 Å². The molecule has 0 aliphatic carbocycles. The van der Waals surface area contributed by atoms with E-state index in [2.05, 4.69) is 6.92 Å². The highest BCUT2D eigenvalue weighted by Crippen LogP contribution is 2.18. The van der Waals surface area contributed by atoms with Gasteiger partial charge in [0.2, 0.25) is 0 Å². The summed E-state index contributed by atoms with van der Waals surface area (Å²) < 4.78 is 13.0. The molecule has 0 bridgehead atoms. The van der Waals surface area contributed by atoms with Crippen LogP contribution in [0.3, 0.4) is 0 Å². The molecule has 0 aliphatic heterocycles. The second-order valence-electron chi connectivity index (χ2n) is 3.40. The van der Waals surface area contributed by atoms with Crippen molar-refractivity contribution in [1.82, 2.24) is 0 Å². The third-order valence-electron chi connectivity index (χ3n) is 2.27. The highest BCUT2D eigenvalue weighted by atomic mass is 19.1. The van der Waals surface area contributed by atoms with Crippen molar-refractivity contribution in [3.8, 4) is 0 Å². The molecule has 0 saturated carbocycles. The maximum Gasteiger partial charge on any atom is 0.128 e. The summed E-state index contributed by atoms with van der Waals surface area (Å²) in [6.45, 7) is 1.77. The molecule has 1 rings (SSSR count). The highest BCUT2D eigenvalue weighted by Gasteiger charge is 2.08. The van der Waals surface area contributed by atoms with Gasteiger partial charge in [-0.25, -0.2) is 4.39 Å². The van der Waals surface area contributed by atoms with E-state index in [1.54, 1.807) is 12.1 Å². The first-order valence-electron chi connectivity index (χ1n) is 4.83. The molecule has 0 amide bonds. The lowest BCUT2D eigenvalue weighted by atomic mass is 10.0. The lowest BCUT2D eigenvalue weighted by Gasteiger charge is -2.11. The van der Waals surface area contributed by atoms with Gasteiger partial charge in [-0.05, 0) is 24.1 Å². The summed E-state index contributed by atoms with van der Waals surface area (Å²) in [7, 11) is 0. The Hall–Kier alpha value is -0.930. The third-order valence-corrected chi connectivity index (χ3v) is 2.27. The van der Waals surface area contributed by atoms with Gasteiger partial charge in [-0.2, -0.15) is 0 Å². The molecule has 0 fully saturated rings. The minimum atomic E-state index is -0.375. The van der Waals surface area contributed by atoms with Gasteiger partial charge in [0.15, 0.2) is 0 Å². The van der Waals surface area contributed by atoms with Crippen molar-refractivity contribution in [2.45, 2.75) is 32.4 Å². The fourth-order valence-electron chi connectivity index (χ4n) is 1.42. The molecule has 1 aromatic carbocycles. The van der Waals surface area contributed by atoms with E-state index in [-0.39, 0.29) is 18.5 Å². The number of rotatable bonds is 4. The lowest BCUT2D eigenvalue weighted by molar-refractivity contribution is 0.275. The van der Waals surface area contributed by atoms with E-state index in [9.17, 15) is 4.39 Å². The quantitative estimate of drug-likeness (QED) is 0.776. The molecule has 0 radical (unpaired) electrons. The van der Waals surface area contributed by atoms with Gasteiger partial charge in [0.1, 0.15) is 5.82 Å². The summed E-state index contributed by atoms with van der Waals surface area (Å²) in [5.74, 6) is -0.375. The Morgan fingerprint density at radius 1 is 1.50 bits per heavy atom. The number of benzene rings is 1. The first-order chi connectivity index (χ1) is 6.69. The number of nitrogens with two attached hydrogens (primary N) is 1. The van der Waals surface area contributed by atoms with Crippen LogP contribution < -0.4 is 5.73 Å². The maximum absolute atomic E-state index is 13.0. The molecule has 1 atom stereocenters. The monoisotopic (exact) mass is 197 g/mol. The van der Waals surface area contributed by atoms with Gasteiger partial charge in [0.05, 0.1) is 6.61 Å². The predicted octanol–water partition coefficient (Wildman–Crippen LogP) is 2.12. The molecule has 2 nitrogen and oxygen atoms in total. The van der Waals surface area contributed by atoms with Crippen molar-refractivity contribution in [3.05, 3.63) is 35.1 Å². The van der Waals surface area contributed by atoms with Gasteiger partial charge in [-0.1, -0.05) is 19.4 Å². The average Bonchev–Trinajstić information content (AvgIpc) is 2.19. The zero-order valence-electron chi connectivity index (χ0n) is 8.33. The van der Waals surface area contributed by atoms with Crippen molar-refractivity contribution in [2.75, 3.05) is 0 Å². The van der Waals surface area contributed by atoms with Gasteiger partial charge in [0.25, 0.3) is 0 Å². The van der Waals surface area contributed by atoms with Gasteiger partial charge >= 0.3 is 0 Å². The van der Waals surface area contributed by atoms with Crippen LogP contribution in [0.4, 0.5) is 4.39 Å². The van der Waals surface area contributed by atoms with Crippen molar-refractivity contribution >= 4 is 0 Å². The zero-order valence-corrected chi connectivity index (χ0v) is 8.33. The Labute approximate surface area is 83.6 Å². The largest absolute Gasteiger partial charge is 0.392 e. The number of halogens is 1. The summed E-state index contributed by atoms with van der Waals surface area (Å²) in [5.41, 5.74) is 7.08. The third kappa shape index (κ3) is 2.53. The average molecular weight is 197 g/mol. The van der Waals surface area contributed by atoms with Gasteiger partial charge in [0, 0.05) is 11.6 Å². The van der Waals surface area contributed by atoms with E-state index < -0.39 is 0 Å². The molecule has 0 aliphatic rings. The summed E-state index contributed by atoms with van der Waals surface area (Å²) in [4.78, 5) is 0. The van der Waals surface area contributed by atoms with Crippen LogP contribution >= 0.6 is 0 Å². The van der Waals surface area contributed by atoms with Crippen LogP contribution in [-0.4, -0.2) is 5.11 Å². The normalized spacial score (nSPS) is 12.9. The van der Waals surface area contributed by atoms with Gasteiger partial charge < -0.3 is 10.8 Å². The van der Waals surface area contributed by atoms with E-state index in [0.29, 0.717) is 5.56 Å². The Morgan fingerprint density at radius 3 is 2.79 bits per heavy atom. The van der Waals surface area contributed by atoms with Crippen LogP contribution in [0.2, 0.25) is 0 Å². The molecule has 14 heavy (non-hydrogen) atoms. The van der Waals surface area contributed by atoms with Gasteiger partial charge in [-0.15, -0.1) is 0 Å². The van der Waals surface area contributed by atoms with E-state index in [4.69, 9.17) is 10.8 Å². The Kier molecular flexibility index (Phi) is 4.04. The molecule has 0 aromatic heterocycles. The minimum Gasteiger partial charge on any atom is -0.392 e. The minimum absolute atomic E-state index is 0.0640. The van der Waals surface area contributed by atoms with E-state index >= 15 is 0 Å². The molecule has 0 spiro atoms. The van der Waals surface area contributed by atoms with E-state index in [0.717, 1.165) is 18.4 Å². The fourth-order valence-corrected chi connectivity index (χ4v) is 1.42. The molecule has 3 N–H and O–H groups in total. The van der Waals surface area contributed by atoms with Crippen LogP contribution in [0.15, 0.2) is 18.2 Å². The van der Waals surface area contributed by atoms with Crippen molar-refractivity contribution in [3.63, 3.8) is 0 Å². The van der Waals surface area contributed by atoms with Crippen molar-refractivity contribution in [1.29, 1.82) is 0 Å². The van der Waals surface area contributed by atoms with Gasteiger partial charge in [-0.3, -0.25) is 0 Å². The number of hydrogen-bond acceptors (Lipinski definition) is 2. The van der Waals surface area contributed by atoms with Crippen LogP contribution in [0.25, 0.3) is 0 Å². The molecule has 1 aromatic rings.